The van der Waals surface area contributed by atoms with Crippen LogP contribution in [0.2, 0.25) is 0 Å². The number of ketones is 3. The van der Waals surface area contributed by atoms with Crippen LogP contribution in [0.1, 0.15) is 123 Å². The van der Waals surface area contributed by atoms with E-state index in [4.69, 9.17) is 24.1 Å². The molecule has 6 heterocycles. The SMILES string of the molecule is CC(=O)O.COC(=O)c1ccc(C2C(=C(O)c3ccc(C)c(F)c3)C(=O)C(=O)N2c2nnc(SCc3cccc4ccccc34)s2)cc1.COC(=O)c1ccc(C2C(=C(O)c3ccc(C)c(F)c3)C(=O)C(=O)N2c2nnc(SCc3cccc4ccccc34)s2)cc1.COC(=O)c1ccc(C2C(=C(O)c3ccc(C)c(F)c3)C(=O)C(=O)N2c2nnc(SCc3cccc4ccccc34)s2)cc1. The van der Waals surface area contributed by atoms with Crippen molar-refractivity contribution in [3.63, 3.8) is 0 Å². The number of aliphatic hydroxyl groups excluding tert-OH is 3. The van der Waals surface area contributed by atoms with Crippen molar-refractivity contribution in [3.8, 4) is 0 Å². The Labute approximate surface area is 798 Å². The van der Waals surface area contributed by atoms with E-state index in [-0.39, 0.29) is 65.5 Å². The van der Waals surface area contributed by atoms with E-state index >= 15 is 0 Å². The molecule has 0 bridgehead atoms. The maximum Gasteiger partial charge on any atom is 0.337 e. The van der Waals surface area contributed by atoms with Gasteiger partial charge < -0.3 is 34.6 Å². The molecule has 15 aromatic rings. The number of aryl methyl sites for hydroxylation is 3. The lowest BCUT2D eigenvalue weighted by atomic mass is 9.94. The van der Waals surface area contributed by atoms with Crippen LogP contribution in [-0.2, 0) is 65.0 Å². The largest absolute Gasteiger partial charge is 0.507 e. The van der Waals surface area contributed by atoms with Crippen LogP contribution < -0.4 is 14.7 Å². The highest BCUT2D eigenvalue weighted by atomic mass is 32.2. The molecule has 3 fully saturated rings. The lowest BCUT2D eigenvalue weighted by Gasteiger charge is -2.22. The number of benzene rings is 12. The molecular weight excluding hydrogens is 1860 g/mol. The second-order valence-corrected chi connectivity index (χ2v) is 37.1. The first kappa shape index (κ1) is 95.5. The second kappa shape index (κ2) is 42.0. The predicted molar refractivity (Wildman–Crippen MR) is 515 cm³/mol. The number of methoxy groups -OCH3 is 3. The van der Waals surface area contributed by atoms with Crippen molar-refractivity contribution in [1.29, 1.82) is 0 Å². The van der Waals surface area contributed by atoms with Gasteiger partial charge in [-0.2, -0.15) is 0 Å². The Hall–Kier alpha value is -15.1. The van der Waals surface area contributed by atoms with Gasteiger partial charge in [0.05, 0.1) is 72.9 Å². The topological polar surface area (TPSA) is 366 Å². The van der Waals surface area contributed by atoms with Crippen LogP contribution >= 0.6 is 69.3 Å². The van der Waals surface area contributed by atoms with E-state index in [2.05, 4.69) is 48.8 Å². The minimum Gasteiger partial charge on any atom is -0.507 e. The molecule has 4 N–H and O–H groups in total. The van der Waals surface area contributed by atoms with E-state index in [1.165, 1.54) is 144 Å². The highest BCUT2D eigenvalue weighted by Gasteiger charge is 2.52. The number of rotatable bonds is 21. The number of Topliss-reactive ketones (excluding diaryl/α,β-unsaturated/α-hetero) is 3. The maximum absolute atomic E-state index is 14.4. The Bertz CT molecular complexity index is 6700. The fourth-order valence-corrected chi connectivity index (χ4v) is 20.8. The molecule has 3 unspecified atom stereocenters. The third kappa shape index (κ3) is 20.3. The molecule has 26 nitrogen and oxygen atoms in total. The summed E-state index contributed by atoms with van der Waals surface area (Å²) in [6, 6.07) is 69.7. The van der Waals surface area contributed by atoms with Crippen molar-refractivity contribution in [2.24, 2.45) is 0 Å². The second-order valence-electron chi connectivity index (χ2n) is 30.6. The van der Waals surface area contributed by atoms with Crippen LogP contribution in [0.5, 0.6) is 0 Å². The normalized spacial score (nSPS) is 15.8. The van der Waals surface area contributed by atoms with E-state index in [0.717, 1.165) is 108 Å². The molecule has 0 radical (unpaired) electrons. The third-order valence-electron chi connectivity index (χ3n) is 22.1. The fourth-order valence-electron chi connectivity index (χ4n) is 15.2. The minimum absolute atomic E-state index is 0.0471. The van der Waals surface area contributed by atoms with Gasteiger partial charge in [0.25, 0.3) is 23.3 Å². The number of carbonyl (C=O) groups excluding carboxylic acids is 9. The summed E-state index contributed by atoms with van der Waals surface area (Å²) < 4.78 is 59.4. The molecular formula is C101H76F3N9O17S6. The molecule has 12 aromatic carbocycles. The summed E-state index contributed by atoms with van der Waals surface area (Å²) in [6.45, 7) is 5.81. The molecule has 136 heavy (non-hydrogen) atoms. The lowest BCUT2D eigenvalue weighted by molar-refractivity contribution is -0.134. The van der Waals surface area contributed by atoms with Gasteiger partial charge in [-0.1, -0.05) is 269 Å². The van der Waals surface area contributed by atoms with E-state index in [1.807, 2.05) is 109 Å². The molecule has 0 saturated carbocycles. The van der Waals surface area contributed by atoms with Crippen molar-refractivity contribution in [1.82, 2.24) is 30.6 Å². The smallest absolute Gasteiger partial charge is 0.337 e. The molecule has 3 aromatic heterocycles. The number of carbonyl (C=O) groups is 10. The standard InChI is InChI=1S/3C33H24FN3O5S2.C2H4O2/c3*1-18-10-11-22(16-25(18)34)28(38)26-27(20-12-14-21(15-13-20)31(41)42-2)37(30(40)29(26)39)32-35-36-33(44-32)43-17-23-8-5-7-19-6-3-4-9-24(19)23;1-2(3)4/h3*3-16,27,38H,17H2,1-2H3;1H3,(H,3,4). The quantitative estimate of drug-likeness (QED) is 0.00987. The van der Waals surface area contributed by atoms with Crippen LogP contribution in [0.15, 0.2) is 285 Å². The third-order valence-corrected chi connectivity index (χ3v) is 28.4. The monoisotopic (exact) mass is 1940 g/mol. The Balaban J connectivity index is 0.000000152. The number of carboxylic acid groups (broad SMARTS) is 1. The zero-order valence-corrected chi connectivity index (χ0v) is 77.7. The Morgan fingerprint density at radius 3 is 0.816 bits per heavy atom. The number of hydrogen-bond acceptors (Lipinski definition) is 28. The first-order valence-corrected chi connectivity index (χ1v) is 46.7. The number of aromatic nitrogens is 6. The highest BCUT2D eigenvalue weighted by Crippen LogP contribution is 2.49. The van der Waals surface area contributed by atoms with Gasteiger partial charge in [-0.15, -0.1) is 30.6 Å². The van der Waals surface area contributed by atoms with Gasteiger partial charge in [-0.05, 0) is 158 Å². The minimum atomic E-state index is -1.12. The molecule has 3 saturated heterocycles. The van der Waals surface area contributed by atoms with Crippen LogP contribution in [0.4, 0.5) is 28.6 Å². The van der Waals surface area contributed by atoms with Gasteiger partial charge in [0.1, 0.15) is 34.7 Å². The number of fused-ring (bicyclic) bond motifs is 3. The van der Waals surface area contributed by atoms with Crippen LogP contribution in [0.25, 0.3) is 49.6 Å². The van der Waals surface area contributed by atoms with Gasteiger partial charge in [0.15, 0.2) is 13.0 Å². The average Bonchev–Trinajstić information content (AvgIpc) is 1.60. The van der Waals surface area contributed by atoms with Gasteiger partial charge in [-0.3, -0.25) is 48.3 Å². The number of halogens is 3. The molecule has 35 heteroatoms. The van der Waals surface area contributed by atoms with Crippen molar-refractivity contribution in [3.05, 3.63) is 372 Å². The van der Waals surface area contributed by atoms with Crippen molar-refractivity contribution >= 4 is 193 Å². The molecule has 18 rings (SSSR count). The fraction of sp³-hybridized carbons (Fsp3) is 0.129. The van der Waals surface area contributed by atoms with Crippen molar-refractivity contribution < 1.29 is 95.8 Å². The van der Waals surface area contributed by atoms with Crippen LogP contribution in [0, 0.1) is 38.2 Å². The Morgan fingerprint density at radius 2 is 0.574 bits per heavy atom. The molecule has 3 aliphatic rings. The molecule has 3 atom stereocenters. The van der Waals surface area contributed by atoms with Crippen molar-refractivity contribution in [2.75, 3.05) is 36.0 Å². The van der Waals surface area contributed by atoms with E-state index in [0.29, 0.717) is 63.7 Å². The first-order chi connectivity index (χ1) is 65.5. The number of ether oxygens (including phenoxy) is 3. The van der Waals surface area contributed by atoms with Crippen LogP contribution in [-0.4, -0.2) is 131 Å². The zero-order valence-electron chi connectivity index (χ0n) is 72.8. The van der Waals surface area contributed by atoms with E-state index in [1.54, 1.807) is 57.2 Å². The first-order valence-electron chi connectivity index (χ1n) is 41.3. The Kier molecular flexibility index (Phi) is 29.5. The predicted octanol–water partition coefficient (Wildman–Crippen LogP) is 20.6. The highest BCUT2D eigenvalue weighted by molar-refractivity contribution is 8.00. The van der Waals surface area contributed by atoms with E-state index in [9.17, 15) is 71.6 Å². The average molecular weight is 1940 g/mol. The number of carboxylic acids is 1. The molecule has 0 spiro atoms. The summed E-state index contributed by atoms with van der Waals surface area (Å²) >= 11 is 7.77. The molecule has 0 aliphatic carbocycles. The van der Waals surface area contributed by atoms with Crippen molar-refractivity contribution in [2.45, 2.75) is 76.1 Å². The van der Waals surface area contributed by atoms with Gasteiger partial charge in [0, 0.05) is 40.9 Å². The molecule has 3 amide bonds. The molecule has 3 aliphatic heterocycles. The summed E-state index contributed by atoms with van der Waals surface area (Å²) in [5, 5.41) is 74.1. The summed E-state index contributed by atoms with van der Waals surface area (Å²) in [4.78, 5) is 130. The number of hydrogen-bond donors (Lipinski definition) is 4. The van der Waals surface area contributed by atoms with Gasteiger partial charge in [-0.25, -0.2) is 27.6 Å². The van der Waals surface area contributed by atoms with Gasteiger partial charge in [0.2, 0.25) is 15.4 Å². The number of aliphatic hydroxyl groups is 3. The number of aliphatic carboxylic acids is 1. The maximum atomic E-state index is 14.4. The summed E-state index contributed by atoms with van der Waals surface area (Å²) in [5.74, 6) is -9.59. The number of amides is 3. The lowest BCUT2D eigenvalue weighted by Crippen LogP contribution is -2.29. The molecule has 684 valence electrons. The number of thioether (sulfide) groups is 3. The number of anilines is 3. The summed E-state index contributed by atoms with van der Waals surface area (Å²) in [5.41, 5.74) is 5.91. The zero-order chi connectivity index (χ0) is 96.4. The number of esters is 3. The summed E-state index contributed by atoms with van der Waals surface area (Å²) in [7, 11) is 3.78. The summed E-state index contributed by atoms with van der Waals surface area (Å²) in [6.07, 6.45) is 0. The van der Waals surface area contributed by atoms with Crippen LogP contribution in [0.3, 0.4) is 0 Å². The van der Waals surface area contributed by atoms with E-state index < -0.39 is 112 Å². The number of nitrogens with zero attached hydrogens (tertiary/aromatic N) is 9. The Morgan fingerprint density at radius 1 is 0.338 bits per heavy atom. The van der Waals surface area contributed by atoms with Gasteiger partial charge >= 0.3 is 35.6 Å².